The lowest BCUT2D eigenvalue weighted by Gasteiger charge is -2.41. The summed E-state index contributed by atoms with van der Waals surface area (Å²) in [4.78, 5) is 2.62. The van der Waals surface area contributed by atoms with E-state index in [1.54, 1.807) is 0 Å². The third-order valence-electron chi connectivity index (χ3n) is 18.7. The molecule has 4 aliphatic rings. The Kier molecular flexibility index (Phi) is 8.19. The molecule has 0 fully saturated rings. The smallest absolute Gasteiger partial charge is 0.252 e. The lowest BCUT2D eigenvalue weighted by Crippen LogP contribution is -2.60. The molecule has 2 aromatic heterocycles. The zero-order valence-corrected chi connectivity index (χ0v) is 44.9. The second-order valence-electron chi connectivity index (χ2n) is 25.2. The van der Waals surface area contributed by atoms with Crippen LogP contribution in [0.4, 0.5) is 17.1 Å². The van der Waals surface area contributed by atoms with Gasteiger partial charge in [-0.15, -0.1) is 0 Å². The molecule has 0 unspecified atom stereocenters. The highest BCUT2D eigenvalue weighted by Gasteiger charge is 2.47. The summed E-state index contributed by atoms with van der Waals surface area (Å²) < 4.78 is 5.36. The molecule has 3 nitrogen and oxygen atoms in total. The van der Waals surface area contributed by atoms with Crippen molar-refractivity contribution in [3.05, 3.63) is 216 Å². The van der Waals surface area contributed by atoms with Crippen molar-refractivity contribution in [1.82, 2.24) is 9.13 Å². The molecule has 13 aromatic rings. The molecule has 0 radical (unpaired) electrons. The van der Waals surface area contributed by atoms with Gasteiger partial charge in [-0.25, -0.2) is 0 Å². The average molecular weight is 986 g/mol. The van der Waals surface area contributed by atoms with Gasteiger partial charge in [0.05, 0.1) is 22.2 Å². The average Bonchev–Trinajstić information content (AvgIpc) is 3.98. The van der Waals surface area contributed by atoms with Crippen molar-refractivity contribution in [3.63, 3.8) is 0 Å². The largest absolute Gasteiger partial charge is 0.311 e. The van der Waals surface area contributed by atoms with Crippen LogP contribution < -0.4 is 21.3 Å². The van der Waals surface area contributed by atoms with E-state index in [1.807, 2.05) is 0 Å². The molecule has 2 aliphatic heterocycles. The molecule has 0 spiro atoms. The molecule has 0 saturated carbocycles. The van der Waals surface area contributed by atoms with E-state index in [-0.39, 0.29) is 23.0 Å². The van der Waals surface area contributed by atoms with E-state index >= 15 is 0 Å². The van der Waals surface area contributed by atoms with E-state index in [2.05, 4.69) is 264 Å². The highest BCUT2D eigenvalue weighted by molar-refractivity contribution is 7.00. The maximum absolute atomic E-state index is 2.74. The van der Waals surface area contributed by atoms with Crippen LogP contribution in [0.5, 0.6) is 0 Å². The highest BCUT2D eigenvalue weighted by Crippen LogP contribution is 2.56. The van der Waals surface area contributed by atoms with Gasteiger partial charge >= 0.3 is 0 Å². The predicted octanol–water partition coefficient (Wildman–Crippen LogP) is 17.3. The van der Waals surface area contributed by atoms with Gasteiger partial charge in [0.2, 0.25) is 0 Å². The Morgan fingerprint density at radius 3 is 1.81 bits per heavy atom. The Morgan fingerprint density at radius 1 is 0.390 bits per heavy atom. The topological polar surface area (TPSA) is 13.1 Å². The Bertz CT molecular complexity index is 4850. The van der Waals surface area contributed by atoms with Gasteiger partial charge in [-0.3, -0.25) is 0 Å². The molecular weight excluding hydrogens is 930 g/mol. The van der Waals surface area contributed by atoms with Crippen LogP contribution in [0.25, 0.3) is 110 Å². The molecule has 366 valence electrons. The number of hydrogen-bond acceptors (Lipinski definition) is 1. The maximum Gasteiger partial charge on any atom is 0.252 e. The number of fused-ring (bicyclic) bond motifs is 16. The number of nitrogens with zero attached hydrogens (tertiary/aromatic N) is 3. The van der Waals surface area contributed by atoms with Crippen molar-refractivity contribution in [2.24, 2.45) is 0 Å². The number of benzene rings is 11. The van der Waals surface area contributed by atoms with E-state index in [1.165, 1.54) is 154 Å². The SMILES string of the molecule is CC(C)(C)c1ccc(N2c3ccc(C(C)(C)C)cc3B3c4c2cc(-n2c5cccc6c5c5c7c(cccc7ccc52)-c2ccccc2-6)cc4-n2c4c3cc3c(c4c4ccc5ccccc5c42)C(C)(C)c2ccccc2-3)cc1. The fourth-order valence-corrected chi connectivity index (χ4v) is 15.2. The predicted molar refractivity (Wildman–Crippen MR) is 329 cm³/mol. The number of aromatic nitrogens is 2. The van der Waals surface area contributed by atoms with E-state index in [0.29, 0.717) is 0 Å². The number of hydrogen-bond donors (Lipinski definition) is 0. The third kappa shape index (κ3) is 5.48. The van der Waals surface area contributed by atoms with Gasteiger partial charge in [-0.2, -0.15) is 0 Å². The molecule has 0 N–H and O–H groups in total. The van der Waals surface area contributed by atoms with Gasteiger partial charge in [0.15, 0.2) is 0 Å². The van der Waals surface area contributed by atoms with Gasteiger partial charge in [-0.1, -0.05) is 207 Å². The monoisotopic (exact) mass is 985 g/mol. The normalized spacial score (nSPS) is 14.5. The second kappa shape index (κ2) is 14.5. The minimum Gasteiger partial charge on any atom is -0.311 e. The van der Waals surface area contributed by atoms with Crippen molar-refractivity contribution in [2.45, 2.75) is 71.6 Å². The minimum atomic E-state index is -0.228. The number of rotatable bonds is 2. The van der Waals surface area contributed by atoms with Crippen molar-refractivity contribution < 1.29 is 0 Å². The van der Waals surface area contributed by atoms with Crippen LogP contribution in [0.15, 0.2) is 194 Å². The fraction of sp³-hybridized carbons (Fsp3) is 0.151. The Balaban J connectivity index is 1.09. The molecule has 2 aliphatic carbocycles. The lowest BCUT2D eigenvalue weighted by atomic mass is 9.33. The lowest BCUT2D eigenvalue weighted by molar-refractivity contribution is 0.590. The minimum absolute atomic E-state index is 0.00736. The molecule has 0 saturated heterocycles. The quantitative estimate of drug-likeness (QED) is 0.157. The summed E-state index contributed by atoms with van der Waals surface area (Å²) in [5.74, 6) is 0. The van der Waals surface area contributed by atoms with Crippen LogP contribution in [0, 0.1) is 0 Å². The molecule has 77 heavy (non-hydrogen) atoms. The molecule has 11 aromatic carbocycles. The molecule has 0 amide bonds. The number of anilines is 3. The van der Waals surface area contributed by atoms with Gasteiger partial charge in [0.1, 0.15) is 0 Å². The molecule has 4 heterocycles. The maximum atomic E-state index is 2.74. The van der Waals surface area contributed by atoms with Gasteiger partial charge in [0.25, 0.3) is 6.71 Å². The van der Waals surface area contributed by atoms with Crippen LogP contribution >= 0.6 is 0 Å². The van der Waals surface area contributed by atoms with E-state index in [4.69, 9.17) is 0 Å². The summed E-state index contributed by atoms with van der Waals surface area (Å²) >= 11 is 0. The Labute approximate surface area is 449 Å². The van der Waals surface area contributed by atoms with E-state index in [9.17, 15) is 0 Å². The first-order valence-corrected chi connectivity index (χ1v) is 27.7. The van der Waals surface area contributed by atoms with Crippen LogP contribution in [0.3, 0.4) is 0 Å². The second-order valence-corrected chi connectivity index (χ2v) is 25.2. The molecular formula is C73H56BN3. The van der Waals surface area contributed by atoms with Crippen LogP contribution in [0.1, 0.15) is 77.6 Å². The van der Waals surface area contributed by atoms with E-state index < -0.39 is 0 Å². The summed E-state index contributed by atoms with van der Waals surface area (Å²) in [6.45, 7) is 18.9. The van der Waals surface area contributed by atoms with Gasteiger partial charge in [0, 0.05) is 60.6 Å². The Morgan fingerprint density at radius 2 is 1.03 bits per heavy atom. The van der Waals surface area contributed by atoms with Crippen LogP contribution in [0.2, 0.25) is 0 Å². The summed E-state index contributed by atoms with van der Waals surface area (Å²) in [6.07, 6.45) is 0. The van der Waals surface area contributed by atoms with Crippen molar-refractivity contribution >= 4 is 105 Å². The van der Waals surface area contributed by atoms with Gasteiger partial charge < -0.3 is 14.0 Å². The summed E-state index contributed by atoms with van der Waals surface area (Å²) in [7, 11) is 0. The first kappa shape index (κ1) is 43.6. The standard InChI is InChI=1S/C73H56BN3/c1-71(2,3)43-29-32-45(33-30-43)75-58-36-31-44(72(4,5)6)37-56(58)74-57-40-54-50-22-13-14-25-55(50)73(7,8)67(54)65-53-34-27-41-17-9-10-19-47(41)69(53)77(70(57)65)62-39-46(38-61(75)68(62)74)76-59-26-16-24-52-49-21-12-11-20-48(49)51-23-15-18-42-28-35-60(76)66(63(42)51)64(52)59/h9-40H,1-8H3. The zero-order valence-electron chi connectivity index (χ0n) is 44.9. The summed E-state index contributed by atoms with van der Waals surface area (Å²) in [5, 5.41) is 10.4. The van der Waals surface area contributed by atoms with Crippen molar-refractivity contribution in [3.8, 4) is 44.8 Å². The van der Waals surface area contributed by atoms with Crippen LogP contribution in [-0.2, 0) is 16.2 Å². The molecule has 17 rings (SSSR count). The first-order valence-electron chi connectivity index (χ1n) is 27.7. The van der Waals surface area contributed by atoms with Crippen molar-refractivity contribution in [2.75, 3.05) is 4.90 Å². The summed E-state index contributed by atoms with van der Waals surface area (Å²) in [5.41, 5.74) is 28.2. The van der Waals surface area contributed by atoms with E-state index in [0.717, 1.165) is 11.4 Å². The van der Waals surface area contributed by atoms with Gasteiger partial charge in [-0.05, 0) is 141 Å². The highest BCUT2D eigenvalue weighted by atomic mass is 15.2. The molecule has 0 atom stereocenters. The third-order valence-corrected chi connectivity index (χ3v) is 18.7. The van der Waals surface area contributed by atoms with Crippen LogP contribution in [-0.4, -0.2) is 15.8 Å². The molecule has 0 bridgehead atoms. The summed E-state index contributed by atoms with van der Waals surface area (Å²) in [6, 6.07) is 75.5. The fourth-order valence-electron chi connectivity index (χ4n) is 15.2. The van der Waals surface area contributed by atoms with Crippen molar-refractivity contribution in [1.29, 1.82) is 0 Å². The first-order chi connectivity index (χ1) is 37.3. The Hall–Kier alpha value is -8.60. The molecule has 4 heteroatoms. The zero-order chi connectivity index (χ0) is 51.8.